The van der Waals surface area contributed by atoms with Gasteiger partial charge in [-0.2, -0.15) is 0 Å². The first-order chi connectivity index (χ1) is 10.3. The molecule has 3 unspecified atom stereocenters. The summed E-state index contributed by atoms with van der Waals surface area (Å²) in [5.41, 5.74) is 1.49. The van der Waals surface area contributed by atoms with E-state index in [0.29, 0.717) is 12.0 Å². The van der Waals surface area contributed by atoms with Crippen molar-refractivity contribution in [3.05, 3.63) is 29.8 Å². The molecule has 2 aliphatic rings. The molecule has 2 aliphatic carbocycles. The van der Waals surface area contributed by atoms with Crippen molar-refractivity contribution in [3.8, 4) is 5.75 Å². The Hall–Kier alpha value is -1.02. The molecule has 0 bridgehead atoms. The molecule has 0 aliphatic heterocycles. The van der Waals surface area contributed by atoms with Crippen LogP contribution in [0, 0.1) is 11.8 Å². The van der Waals surface area contributed by atoms with E-state index in [1.54, 1.807) is 0 Å². The lowest BCUT2D eigenvalue weighted by atomic mass is 9.71. The average Bonchev–Trinajstić information content (AvgIpc) is 3.30. The highest BCUT2D eigenvalue weighted by Gasteiger charge is 2.30. The predicted octanol–water partition coefficient (Wildman–Crippen LogP) is 4.36. The van der Waals surface area contributed by atoms with Gasteiger partial charge in [0.05, 0.1) is 6.10 Å². The molecule has 2 saturated carbocycles. The molecule has 0 saturated heterocycles. The van der Waals surface area contributed by atoms with Crippen LogP contribution in [-0.4, -0.2) is 19.2 Å². The topological polar surface area (TPSA) is 21.3 Å². The van der Waals surface area contributed by atoms with E-state index in [1.807, 2.05) is 0 Å². The largest absolute Gasteiger partial charge is 0.490 e. The third kappa shape index (κ3) is 4.00. The van der Waals surface area contributed by atoms with Crippen molar-refractivity contribution in [2.45, 2.75) is 58.0 Å². The van der Waals surface area contributed by atoms with Gasteiger partial charge in [0.1, 0.15) is 5.75 Å². The van der Waals surface area contributed by atoms with Crippen molar-refractivity contribution in [1.29, 1.82) is 0 Å². The number of nitrogens with one attached hydrogen (secondary N) is 1. The second-order valence-corrected chi connectivity index (χ2v) is 6.98. The number of rotatable bonds is 6. The lowest BCUT2D eigenvalue weighted by molar-refractivity contribution is 0.241. The molecule has 0 spiro atoms. The Morgan fingerprint density at radius 1 is 1.19 bits per heavy atom. The van der Waals surface area contributed by atoms with Crippen LogP contribution in [0.2, 0.25) is 0 Å². The van der Waals surface area contributed by atoms with Gasteiger partial charge in [-0.15, -0.1) is 0 Å². The molecule has 1 aromatic rings. The average molecular weight is 287 g/mol. The SMILES string of the molecule is CCNCC1CCC(C)CC1c1cccc(OC2CC2)c1. The van der Waals surface area contributed by atoms with E-state index in [1.165, 1.54) is 37.7 Å². The van der Waals surface area contributed by atoms with Crippen molar-refractivity contribution >= 4 is 0 Å². The maximum atomic E-state index is 5.98. The number of hydrogen-bond donors (Lipinski definition) is 1. The summed E-state index contributed by atoms with van der Waals surface area (Å²) in [5, 5.41) is 3.56. The normalized spacial score (nSPS) is 29.3. The van der Waals surface area contributed by atoms with Gasteiger partial charge in [-0.05, 0) is 74.2 Å². The molecular weight excluding hydrogens is 258 g/mol. The van der Waals surface area contributed by atoms with Crippen LogP contribution < -0.4 is 10.1 Å². The van der Waals surface area contributed by atoms with Gasteiger partial charge in [-0.3, -0.25) is 0 Å². The van der Waals surface area contributed by atoms with E-state index in [0.717, 1.165) is 30.7 Å². The molecule has 2 fully saturated rings. The zero-order valence-corrected chi connectivity index (χ0v) is 13.5. The zero-order chi connectivity index (χ0) is 14.7. The first kappa shape index (κ1) is 14.9. The summed E-state index contributed by atoms with van der Waals surface area (Å²) < 4.78 is 5.98. The van der Waals surface area contributed by atoms with E-state index < -0.39 is 0 Å². The summed E-state index contributed by atoms with van der Waals surface area (Å²) in [6.45, 7) is 6.83. The van der Waals surface area contributed by atoms with Crippen molar-refractivity contribution in [2.75, 3.05) is 13.1 Å². The molecule has 0 amide bonds. The van der Waals surface area contributed by atoms with Crippen LogP contribution in [0.3, 0.4) is 0 Å². The van der Waals surface area contributed by atoms with E-state index in [-0.39, 0.29) is 0 Å². The summed E-state index contributed by atoms with van der Waals surface area (Å²) in [4.78, 5) is 0. The maximum absolute atomic E-state index is 5.98. The highest BCUT2D eigenvalue weighted by Crippen LogP contribution is 2.41. The minimum Gasteiger partial charge on any atom is -0.490 e. The highest BCUT2D eigenvalue weighted by molar-refractivity contribution is 5.32. The van der Waals surface area contributed by atoms with Crippen LogP contribution in [0.4, 0.5) is 0 Å². The fourth-order valence-electron chi connectivity index (χ4n) is 3.62. The summed E-state index contributed by atoms with van der Waals surface area (Å²) >= 11 is 0. The standard InChI is InChI=1S/C19H29NO/c1-3-20-13-16-8-7-14(2)11-19(16)15-5-4-6-18(12-15)21-17-9-10-17/h4-6,12,14,16-17,19-20H,3,7-11,13H2,1-2H3. The molecule has 1 aromatic carbocycles. The third-order valence-corrected chi connectivity index (χ3v) is 5.03. The third-order valence-electron chi connectivity index (χ3n) is 5.03. The van der Waals surface area contributed by atoms with Gasteiger partial charge in [0.15, 0.2) is 0 Å². The van der Waals surface area contributed by atoms with Crippen LogP contribution in [0.15, 0.2) is 24.3 Å². The first-order valence-electron chi connectivity index (χ1n) is 8.73. The molecule has 0 aromatic heterocycles. The van der Waals surface area contributed by atoms with Crippen LogP contribution >= 0.6 is 0 Å². The smallest absolute Gasteiger partial charge is 0.120 e. The van der Waals surface area contributed by atoms with Gasteiger partial charge in [0.2, 0.25) is 0 Å². The Morgan fingerprint density at radius 2 is 2.05 bits per heavy atom. The molecule has 2 heteroatoms. The van der Waals surface area contributed by atoms with Gasteiger partial charge in [0, 0.05) is 0 Å². The Morgan fingerprint density at radius 3 is 2.81 bits per heavy atom. The minimum atomic E-state index is 0.489. The van der Waals surface area contributed by atoms with Crippen LogP contribution in [0.5, 0.6) is 5.75 Å². The lowest BCUT2D eigenvalue weighted by Gasteiger charge is -2.35. The predicted molar refractivity (Wildman–Crippen MR) is 87.9 cm³/mol. The molecule has 3 atom stereocenters. The number of ether oxygens (including phenoxy) is 1. The van der Waals surface area contributed by atoms with Crippen molar-refractivity contribution in [3.63, 3.8) is 0 Å². The summed E-state index contributed by atoms with van der Waals surface area (Å²) in [6, 6.07) is 8.91. The van der Waals surface area contributed by atoms with E-state index >= 15 is 0 Å². The minimum absolute atomic E-state index is 0.489. The fourth-order valence-corrected chi connectivity index (χ4v) is 3.62. The Balaban J connectivity index is 1.73. The first-order valence-corrected chi connectivity index (χ1v) is 8.73. The molecule has 2 nitrogen and oxygen atoms in total. The van der Waals surface area contributed by atoms with Crippen LogP contribution in [-0.2, 0) is 0 Å². The van der Waals surface area contributed by atoms with Gasteiger partial charge >= 0.3 is 0 Å². The summed E-state index contributed by atoms with van der Waals surface area (Å²) in [5.74, 6) is 3.39. The van der Waals surface area contributed by atoms with Crippen molar-refractivity contribution in [1.82, 2.24) is 5.32 Å². The second-order valence-electron chi connectivity index (χ2n) is 6.98. The molecule has 1 N–H and O–H groups in total. The highest BCUT2D eigenvalue weighted by atomic mass is 16.5. The molecule has 3 rings (SSSR count). The van der Waals surface area contributed by atoms with Crippen molar-refractivity contribution < 1.29 is 4.74 Å². The van der Waals surface area contributed by atoms with Crippen LogP contribution in [0.25, 0.3) is 0 Å². The summed E-state index contributed by atoms with van der Waals surface area (Å²) in [7, 11) is 0. The Bertz CT molecular complexity index is 453. The number of hydrogen-bond acceptors (Lipinski definition) is 2. The Labute approximate surface area is 129 Å². The second kappa shape index (κ2) is 6.83. The lowest BCUT2D eigenvalue weighted by Crippen LogP contribution is -2.31. The fraction of sp³-hybridized carbons (Fsp3) is 0.684. The van der Waals surface area contributed by atoms with E-state index in [2.05, 4.69) is 43.4 Å². The van der Waals surface area contributed by atoms with Crippen molar-refractivity contribution in [2.24, 2.45) is 11.8 Å². The zero-order valence-electron chi connectivity index (χ0n) is 13.5. The van der Waals surface area contributed by atoms with Gasteiger partial charge in [0.25, 0.3) is 0 Å². The van der Waals surface area contributed by atoms with Gasteiger partial charge < -0.3 is 10.1 Å². The van der Waals surface area contributed by atoms with E-state index in [9.17, 15) is 0 Å². The van der Waals surface area contributed by atoms with Gasteiger partial charge in [-0.25, -0.2) is 0 Å². The monoisotopic (exact) mass is 287 g/mol. The molecule has 116 valence electrons. The molecule has 21 heavy (non-hydrogen) atoms. The Kier molecular flexibility index (Phi) is 4.84. The summed E-state index contributed by atoms with van der Waals surface area (Å²) in [6.07, 6.45) is 7.00. The molecule has 0 radical (unpaired) electrons. The molecular formula is C19H29NO. The molecule has 0 heterocycles. The van der Waals surface area contributed by atoms with Gasteiger partial charge in [-0.1, -0.05) is 32.4 Å². The van der Waals surface area contributed by atoms with Crippen LogP contribution in [0.1, 0.15) is 57.4 Å². The quantitative estimate of drug-likeness (QED) is 0.839. The number of benzene rings is 1. The van der Waals surface area contributed by atoms with E-state index in [4.69, 9.17) is 4.74 Å². The maximum Gasteiger partial charge on any atom is 0.120 e.